The van der Waals surface area contributed by atoms with Gasteiger partial charge >= 0.3 is 0 Å². The molecule has 0 N–H and O–H groups in total. The number of thiazole rings is 1. The van der Waals surface area contributed by atoms with Gasteiger partial charge in [-0.25, -0.2) is 4.98 Å². The molecule has 1 heterocycles. The van der Waals surface area contributed by atoms with E-state index < -0.39 is 0 Å². The maximum atomic E-state index is 12.4. The molecule has 0 aliphatic heterocycles. The number of carbonyl (C=O) groups is 1. The van der Waals surface area contributed by atoms with Crippen LogP contribution in [0.1, 0.15) is 37.6 Å². The molecule has 0 radical (unpaired) electrons. The average molecular weight is 300 g/mol. The highest BCUT2D eigenvalue weighted by molar-refractivity contribution is 7.19. The number of rotatable bonds is 4. The van der Waals surface area contributed by atoms with E-state index in [1.165, 1.54) is 12.8 Å². The van der Waals surface area contributed by atoms with Crippen LogP contribution in [-0.4, -0.2) is 28.4 Å². The SMILES string of the molecule is CCN(C(=O)/C=C/c1nc2ccccc2s1)C1CCCC1. The van der Waals surface area contributed by atoms with Crippen molar-refractivity contribution in [2.75, 3.05) is 6.54 Å². The zero-order valence-electron chi connectivity index (χ0n) is 12.3. The fourth-order valence-electron chi connectivity index (χ4n) is 3.01. The van der Waals surface area contributed by atoms with Crippen molar-refractivity contribution < 1.29 is 4.79 Å². The summed E-state index contributed by atoms with van der Waals surface area (Å²) in [7, 11) is 0. The van der Waals surface area contributed by atoms with Crippen LogP contribution >= 0.6 is 11.3 Å². The third kappa shape index (κ3) is 3.16. The molecule has 2 aromatic rings. The lowest BCUT2D eigenvalue weighted by Crippen LogP contribution is -2.37. The fourth-order valence-corrected chi connectivity index (χ4v) is 3.88. The van der Waals surface area contributed by atoms with E-state index in [2.05, 4.69) is 18.0 Å². The van der Waals surface area contributed by atoms with Crippen LogP contribution in [0.4, 0.5) is 0 Å². The standard InChI is InChI=1S/C17H20N2OS/c1-2-19(13-7-3-4-8-13)17(20)12-11-16-18-14-9-5-6-10-15(14)21-16/h5-6,9-13H,2-4,7-8H2,1H3/b12-11+. The maximum absolute atomic E-state index is 12.4. The summed E-state index contributed by atoms with van der Waals surface area (Å²) >= 11 is 1.62. The molecule has 110 valence electrons. The summed E-state index contributed by atoms with van der Waals surface area (Å²) in [5.41, 5.74) is 0.998. The second kappa shape index (κ2) is 6.39. The first-order valence-corrected chi connectivity index (χ1v) is 8.44. The third-order valence-electron chi connectivity index (χ3n) is 4.07. The van der Waals surface area contributed by atoms with Crippen molar-refractivity contribution in [3.8, 4) is 0 Å². The summed E-state index contributed by atoms with van der Waals surface area (Å²) in [6, 6.07) is 8.49. The average Bonchev–Trinajstić information content (AvgIpc) is 3.14. The van der Waals surface area contributed by atoms with Crippen molar-refractivity contribution in [2.45, 2.75) is 38.6 Å². The molecule has 0 bridgehead atoms. The second-order valence-electron chi connectivity index (χ2n) is 5.42. The molecule has 1 aliphatic carbocycles. The van der Waals surface area contributed by atoms with Crippen molar-refractivity contribution in [3.05, 3.63) is 35.3 Å². The third-order valence-corrected chi connectivity index (χ3v) is 5.07. The summed E-state index contributed by atoms with van der Waals surface area (Å²) < 4.78 is 1.16. The number of nitrogens with zero attached hydrogens (tertiary/aromatic N) is 2. The fraction of sp³-hybridized carbons (Fsp3) is 0.412. The van der Waals surface area contributed by atoms with E-state index in [4.69, 9.17) is 0 Å². The molecule has 1 amide bonds. The van der Waals surface area contributed by atoms with E-state index in [-0.39, 0.29) is 5.91 Å². The Bertz CT molecular complexity index is 623. The van der Waals surface area contributed by atoms with Gasteiger partial charge in [0.25, 0.3) is 0 Å². The number of likely N-dealkylation sites (N-methyl/N-ethyl adjacent to an activating group) is 1. The number of amides is 1. The summed E-state index contributed by atoms with van der Waals surface area (Å²) in [6.07, 6.45) is 8.32. The van der Waals surface area contributed by atoms with E-state index in [0.29, 0.717) is 6.04 Å². The van der Waals surface area contributed by atoms with E-state index >= 15 is 0 Å². The molecule has 0 saturated heterocycles. The molecule has 0 spiro atoms. The van der Waals surface area contributed by atoms with Crippen LogP contribution in [0.3, 0.4) is 0 Å². The topological polar surface area (TPSA) is 33.2 Å². The van der Waals surface area contributed by atoms with Gasteiger partial charge in [-0.1, -0.05) is 25.0 Å². The molecule has 1 aliphatic rings. The number of benzene rings is 1. The van der Waals surface area contributed by atoms with E-state index in [1.54, 1.807) is 17.4 Å². The predicted molar refractivity (Wildman–Crippen MR) is 88.3 cm³/mol. The monoisotopic (exact) mass is 300 g/mol. The van der Waals surface area contributed by atoms with E-state index in [0.717, 1.165) is 34.6 Å². The largest absolute Gasteiger partial charge is 0.336 e. The van der Waals surface area contributed by atoms with Crippen LogP contribution in [0.2, 0.25) is 0 Å². The molecule has 1 aromatic carbocycles. The molecule has 21 heavy (non-hydrogen) atoms. The van der Waals surface area contributed by atoms with Gasteiger partial charge in [-0.15, -0.1) is 11.3 Å². The molecule has 0 unspecified atom stereocenters. The number of hydrogen-bond donors (Lipinski definition) is 0. The van der Waals surface area contributed by atoms with Gasteiger partial charge in [-0.3, -0.25) is 4.79 Å². The van der Waals surface area contributed by atoms with Gasteiger partial charge in [0, 0.05) is 18.7 Å². The van der Waals surface area contributed by atoms with Crippen molar-refractivity contribution in [1.82, 2.24) is 9.88 Å². The van der Waals surface area contributed by atoms with Gasteiger partial charge in [0.2, 0.25) is 5.91 Å². The predicted octanol–water partition coefficient (Wildman–Crippen LogP) is 4.10. The van der Waals surface area contributed by atoms with Gasteiger partial charge < -0.3 is 4.90 Å². The Morgan fingerprint density at radius 3 is 2.86 bits per heavy atom. The second-order valence-corrected chi connectivity index (χ2v) is 6.48. The van der Waals surface area contributed by atoms with Gasteiger partial charge in [0.15, 0.2) is 0 Å². The Hall–Kier alpha value is -1.68. The Kier molecular flexibility index (Phi) is 4.34. The van der Waals surface area contributed by atoms with Crippen LogP contribution in [0, 0.1) is 0 Å². The van der Waals surface area contributed by atoms with Gasteiger partial charge in [-0.05, 0) is 38.0 Å². The van der Waals surface area contributed by atoms with Crippen LogP contribution in [0.15, 0.2) is 30.3 Å². The van der Waals surface area contributed by atoms with Crippen molar-refractivity contribution >= 4 is 33.5 Å². The smallest absolute Gasteiger partial charge is 0.246 e. The molecule has 0 atom stereocenters. The number of fused-ring (bicyclic) bond motifs is 1. The van der Waals surface area contributed by atoms with Crippen LogP contribution < -0.4 is 0 Å². The lowest BCUT2D eigenvalue weighted by atomic mass is 10.2. The van der Waals surface area contributed by atoms with Crippen molar-refractivity contribution in [3.63, 3.8) is 0 Å². The Labute approximate surface area is 129 Å². The highest BCUT2D eigenvalue weighted by atomic mass is 32.1. The number of hydrogen-bond acceptors (Lipinski definition) is 3. The Morgan fingerprint density at radius 1 is 1.38 bits per heavy atom. The Morgan fingerprint density at radius 2 is 2.14 bits per heavy atom. The Balaban J connectivity index is 1.73. The number of carbonyl (C=O) groups excluding carboxylic acids is 1. The first kappa shape index (κ1) is 14.3. The van der Waals surface area contributed by atoms with Crippen LogP contribution in [-0.2, 0) is 4.79 Å². The van der Waals surface area contributed by atoms with Crippen LogP contribution in [0.25, 0.3) is 16.3 Å². The lowest BCUT2D eigenvalue weighted by molar-refractivity contribution is -0.127. The molecule has 1 aromatic heterocycles. The lowest BCUT2D eigenvalue weighted by Gasteiger charge is -2.26. The highest BCUT2D eigenvalue weighted by Gasteiger charge is 2.23. The molecular weight excluding hydrogens is 280 g/mol. The van der Waals surface area contributed by atoms with Gasteiger partial charge in [0.1, 0.15) is 5.01 Å². The normalized spacial score (nSPS) is 16.0. The van der Waals surface area contributed by atoms with E-state index in [1.807, 2.05) is 29.2 Å². The van der Waals surface area contributed by atoms with Crippen LogP contribution in [0.5, 0.6) is 0 Å². The van der Waals surface area contributed by atoms with Crippen molar-refractivity contribution in [1.29, 1.82) is 0 Å². The maximum Gasteiger partial charge on any atom is 0.246 e. The minimum absolute atomic E-state index is 0.114. The molecule has 3 rings (SSSR count). The number of aromatic nitrogens is 1. The molecule has 4 heteroatoms. The highest BCUT2D eigenvalue weighted by Crippen LogP contribution is 2.25. The van der Waals surface area contributed by atoms with E-state index in [9.17, 15) is 4.79 Å². The molecule has 3 nitrogen and oxygen atoms in total. The zero-order chi connectivity index (χ0) is 14.7. The quantitative estimate of drug-likeness (QED) is 0.796. The minimum atomic E-state index is 0.114. The summed E-state index contributed by atoms with van der Waals surface area (Å²) in [5.74, 6) is 0.114. The summed E-state index contributed by atoms with van der Waals surface area (Å²) in [5, 5.41) is 0.895. The minimum Gasteiger partial charge on any atom is -0.336 e. The summed E-state index contributed by atoms with van der Waals surface area (Å²) in [6.45, 7) is 2.84. The van der Waals surface area contributed by atoms with Gasteiger partial charge in [0.05, 0.1) is 10.2 Å². The molecular formula is C17H20N2OS. The first-order valence-electron chi connectivity index (χ1n) is 7.62. The zero-order valence-corrected chi connectivity index (χ0v) is 13.1. The van der Waals surface area contributed by atoms with Gasteiger partial charge in [-0.2, -0.15) is 0 Å². The first-order chi connectivity index (χ1) is 10.3. The molecule has 1 saturated carbocycles. The summed E-state index contributed by atoms with van der Waals surface area (Å²) in [4.78, 5) is 18.9. The number of para-hydroxylation sites is 1. The molecule has 1 fully saturated rings. The van der Waals surface area contributed by atoms with Crippen molar-refractivity contribution in [2.24, 2.45) is 0 Å².